The first-order valence-electron chi connectivity index (χ1n) is 17.9. The summed E-state index contributed by atoms with van der Waals surface area (Å²) in [5.41, 5.74) is 5.49. The van der Waals surface area contributed by atoms with Crippen LogP contribution in [0, 0.1) is 0 Å². The summed E-state index contributed by atoms with van der Waals surface area (Å²) in [4.78, 5) is 13.4. The summed E-state index contributed by atoms with van der Waals surface area (Å²) in [5, 5.41) is 125. The van der Waals surface area contributed by atoms with Crippen molar-refractivity contribution in [2.75, 3.05) is 39.6 Å². The molecule has 4 rings (SSSR count). The largest absolute Gasteiger partial charge is 1.00 e. The van der Waals surface area contributed by atoms with Gasteiger partial charge in [0.25, 0.3) is 7.82 Å². The fourth-order valence-corrected chi connectivity index (χ4v) is 7.52. The van der Waals surface area contributed by atoms with Crippen LogP contribution in [0.2, 0.25) is 0 Å². The van der Waals surface area contributed by atoms with Gasteiger partial charge in [-0.05, 0) is 26.8 Å². The van der Waals surface area contributed by atoms with E-state index in [-0.39, 0.29) is 42.7 Å². The summed E-state index contributed by atoms with van der Waals surface area (Å²) in [6.45, 7) is -1.09. The van der Waals surface area contributed by atoms with Crippen LogP contribution in [0.25, 0.3) is 0 Å². The van der Waals surface area contributed by atoms with E-state index in [0.717, 1.165) is 0 Å². The fraction of sp³-hybridized carbons (Fsp3) is 1.00. The molecule has 4 fully saturated rings. The van der Waals surface area contributed by atoms with E-state index in [1.165, 1.54) is 13.8 Å². The number of nitrogens with two attached hydrogens (primary N) is 1. The Morgan fingerprint density at radius 1 is 0.614 bits per heavy atom. The van der Waals surface area contributed by atoms with E-state index in [1.54, 1.807) is 0 Å². The van der Waals surface area contributed by atoms with Crippen molar-refractivity contribution in [1.29, 1.82) is 0 Å². The quantitative estimate of drug-likeness (QED) is 0.0345. The standard InChI is InChI=1S/C30H56NO24P.Na/c1-10-15(36)17(38)20(41)28(47-10)53-26-25(55-56(44,45)54-12(6-32)7-33)24(52-29-21(42)18(39)16(37)13(8-34)49-29)14(9-35)50-30(26)51-23-11(2)48-27(22(43)19(23)40)46-5-3-4-31;/h10-30,32-43H,3-9,31H2,1-2H3,(H,44,45);/q;+1/p-1. The van der Waals surface area contributed by atoms with E-state index < -0.39 is 163 Å². The third kappa shape index (κ3) is 12.5. The molecule has 21 unspecified atom stereocenters. The molecule has 0 saturated carbocycles. The van der Waals surface area contributed by atoms with Crippen molar-refractivity contribution >= 4 is 7.82 Å². The van der Waals surface area contributed by atoms with E-state index in [1.807, 2.05) is 0 Å². The maximum atomic E-state index is 13.4. The van der Waals surface area contributed by atoms with E-state index >= 15 is 0 Å². The molecule has 4 aliphatic rings. The van der Waals surface area contributed by atoms with Gasteiger partial charge in [-0.15, -0.1) is 0 Å². The molecule has 4 saturated heterocycles. The monoisotopic (exact) mass is 867 g/mol. The zero-order chi connectivity index (χ0) is 41.6. The van der Waals surface area contributed by atoms with Gasteiger partial charge in [0.2, 0.25) is 0 Å². The van der Waals surface area contributed by atoms with Crippen molar-refractivity contribution in [3.63, 3.8) is 0 Å². The van der Waals surface area contributed by atoms with E-state index in [9.17, 15) is 70.7 Å². The summed E-state index contributed by atoms with van der Waals surface area (Å²) in [5.74, 6) is 0. The van der Waals surface area contributed by atoms with Gasteiger partial charge in [-0.1, -0.05) is 0 Å². The second-order valence-corrected chi connectivity index (χ2v) is 15.0. The molecule has 57 heavy (non-hydrogen) atoms. The van der Waals surface area contributed by atoms with Crippen molar-refractivity contribution in [3.05, 3.63) is 0 Å². The van der Waals surface area contributed by atoms with Crippen molar-refractivity contribution in [2.24, 2.45) is 5.73 Å². The van der Waals surface area contributed by atoms with E-state index in [0.29, 0.717) is 6.42 Å². The van der Waals surface area contributed by atoms with Gasteiger partial charge in [0.15, 0.2) is 25.2 Å². The average Bonchev–Trinajstić information content (AvgIpc) is 3.17. The number of hydrogen-bond donors (Lipinski definition) is 13. The second-order valence-electron chi connectivity index (χ2n) is 13.7. The number of phosphoric ester groups is 1. The van der Waals surface area contributed by atoms with Crippen molar-refractivity contribution in [3.8, 4) is 0 Å². The van der Waals surface area contributed by atoms with Crippen LogP contribution in [-0.2, 0) is 51.5 Å². The molecule has 0 amide bonds. The van der Waals surface area contributed by atoms with Crippen molar-refractivity contribution in [1.82, 2.24) is 0 Å². The Morgan fingerprint density at radius 2 is 1.12 bits per heavy atom. The molecule has 14 N–H and O–H groups in total. The summed E-state index contributed by atoms with van der Waals surface area (Å²) in [6, 6.07) is 0. The first-order chi connectivity index (χ1) is 26.4. The minimum Gasteiger partial charge on any atom is -0.756 e. The van der Waals surface area contributed by atoms with Gasteiger partial charge in [0.1, 0.15) is 91.6 Å². The van der Waals surface area contributed by atoms with Gasteiger partial charge < -0.3 is 119 Å². The van der Waals surface area contributed by atoms with Crippen LogP contribution in [0.4, 0.5) is 0 Å². The van der Waals surface area contributed by atoms with Crippen LogP contribution in [0.3, 0.4) is 0 Å². The van der Waals surface area contributed by atoms with Gasteiger partial charge in [0.05, 0.1) is 45.2 Å². The molecule has 4 heterocycles. The Morgan fingerprint density at radius 3 is 1.70 bits per heavy atom. The average molecular weight is 868 g/mol. The molecule has 0 bridgehead atoms. The third-order valence-corrected chi connectivity index (χ3v) is 10.7. The predicted octanol–water partition coefficient (Wildman–Crippen LogP) is -11.5. The molecular formula is C30H55NNaO24P. The molecule has 25 nitrogen and oxygen atoms in total. The van der Waals surface area contributed by atoms with Gasteiger partial charge >= 0.3 is 29.6 Å². The predicted molar refractivity (Wildman–Crippen MR) is 174 cm³/mol. The summed E-state index contributed by atoms with van der Waals surface area (Å²) < 4.78 is 69.5. The summed E-state index contributed by atoms with van der Waals surface area (Å²) >= 11 is 0. The number of aliphatic hydroxyl groups is 12. The van der Waals surface area contributed by atoms with Crippen molar-refractivity contribution < 1.29 is 147 Å². The van der Waals surface area contributed by atoms with Gasteiger partial charge in [-0.2, -0.15) is 0 Å². The minimum atomic E-state index is -5.79. The maximum absolute atomic E-state index is 13.4. The van der Waals surface area contributed by atoms with Crippen LogP contribution in [0.5, 0.6) is 0 Å². The van der Waals surface area contributed by atoms with Crippen LogP contribution < -0.4 is 40.2 Å². The van der Waals surface area contributed by atoms with Crippen LogP contribution in [-0.4, -0.2) is 230 Å². The summed E-state index contributed by atoms with van der Waals surface area (Å²) in [7, 11) is -5.79. The zero-order valence-corrected chi connectivity index (χ0v) is 34.3. The number of phosphoric acid groups is 1. The Labute approximate surface area is 348 Å². The first-order valence-corrected chi connectivity index (χ1v) is 19.3. The normalized spacial score (nSPS) is 45.4. The Kier molecular flexibility index (Phi) is 20.9. The first kappa shape index (κ1) is 51.6. The molecule has 0 aromatic rings. The molecule has 21 atom stereocenters. The number of aliphatic hydroxyl groups excluding tert-OH is 12. The molecule has 330 valence electrons. The van der Waals surface area contributed by atoms with Gasteiger partial charge in [-0.3, -0.25) is 4.57 Å². The van der Waals surface area contributed by atoms with Crippen LogP contribution in [0.1, 0.15) is 20.3 Å². The minimum absolute atomic E-state index is 0. The Hall–Kier alpha value is 0.270. The molecule has 0 aromatic carbocycles. The molecule has 0 aromatic heterocycles. The third-order valence-electron chi connectivity index (χ3n) is 9.65. The molecule has 0 radical (unpaired) electrons. The Bertz CT molecular complexity index is 1230. The van der Waals surface area contributed by atoms with Gasteiger partial charge in [-0.25, -0.2) is 0 Å². The van der Waals surface area contributed by atoms with Gasteiger partial charge in [0, 0.05) is 0 Å². The number of hydrogen-bond acceptors (Lipinski definition) is 25. The SMILES string of the molecule is CC1OC(OC2C(OC3C(C)OC(OCCCN)C(O)C3O)OC(CO)C(OC3OC(CO)C(O)C(O)C3O)C2OP(=O)([O-])OC(CO)CO)C(O)C(O)C1O.[Na+]. The van der Waals surface area contributed by atoms with Crippen molar-refractivity contribution in [2.45, 2.75) is 149 Å². The maximum Gasteiger partial charge on any atom is 1.00 e. The second kappa shape index (κ2) is 23.1. The smallest absolute Gasteiger partial charge is 0.756 e. The van der Waals surface area contributed by atoms with E-state index in [2.05, 4.69) is 0 Å². The van der Waals surface area contributed by atoms with E-state index in [4.69, 9.17) is 52.7 Å². The molecule has 0 spiro atoms. The van der Waals surface area contributed by atoms with Crippen LogP contribution >= 0.6 is 7.82 Å². The molecule has 4 aliphatic heterocycles. The Balaban J connectivity index is 0.00000870. The number of rotatable bonds is 18. The fourth-order valence-electron chi connectivity index (χ4n) is 6.43. The summed E-state index contributed by atoms with van der Waals surface area (Å²) in [6.07, 6.45) is -37.8. The van der Waals surface area contributed by atoms with Crippen LogP contribution in [0.15, 0.2) is 0 Å². The molecule has 0 aliphatic carbocycles. The topological polar surface area (TPSA) is 401 Å². The molecule has 27 heteroatoms. The molecular weight excluding hydrogens is 812 g/mol. The zero-order valence-electron chi connectivity index (χ0n) is 31.4. The number of ether oxygens (including phenoxy) is 8.